The number of rotatable bonds is 5. The van der Waals surface area contributed by atoms with Gasteiger partial charge in [0.2, 0.25) is 5.95 Å². The lowest BCUT2D eigenvalue weighted by Crippen LogP contribution is -2.44. The fraction of sp³-hybridized carbons (Fsp3) is 0.160. The summed E-state index contributed by atoms with van der Waals surface area (Å²) in [5, 5.41) is 14.6. The fourth-order valence-electron chi connectivity index (χ4n) is 4.30. The van der Waals surface area contributed by atoms with E-state index in [4.69, 9.17) is 4.74 Å². The van der Waals surface area contributed by atoms with Gasteiger partial charge in [0.1, 0.15) is 5.75 Å². The highest BCUT2D eigenvalue weighted by Crippen LogP contribution is 2.43. The largest absolute Gasteiger partial charge is 0.497 e. The van der Waals surface area contributed by atoms with Crippen molar-refractivity contribution in [2.75, 3.05) is 19.5 Å². The number of imidazole rings is 1. The summed E-state index contributed by atoms with van der Waals surface area (Å²) in [6.07, 6.45) is -0.655. The van der Waals surface area contributed by atoms with E-state index in [1.807, 2.05) is 24.3 Å². The van der Waals surface area contributed by atoms with Crippen LogP contribution in [-0.4, -0.2) is 46.2 Å². The average molecular weight is 458 g/mol. The molecule has 3 aromatic carbocycles. The zero-order chi connectivity index (χ0) is 23.9. The van der Waals surface area contributed by atoms with Gasteiger partial charge in [-0.25, -0.2) is 9.78 Å². The lowest BCUT2D eigenvalue weighted by Gasteiger charge is -2.35. The number of carbonyl (C=O) groups is 2. The molecule has 3 N–H and O–H groups in total. The summed E-state index contributed by atoms with van der Waals surface area (Å²) < 4.78 is 9.92. The van der Waals surface area contributed by atoms with E-state index in [1.54, 1.807) is 49.6 Å². The van der Waals surface area contributed by atoms with Crippen molar-refractivity contribution >= 4 is 29.0 Å². The molecule has 0 bridgehead atoms. The monoisotopic (exact) mass is 458 g/mol. The molecule has 1 unspecified atom stereocenters. The van der Waals surface area contributed by atoms with Gasteiger partial charge in [0, 0.05) is 23.2 Å². The van der Waals surface area contributed by atoms with Crippen molar-refractivity contribution in [1.29, 1.82) is 0 Å². The molecule has 1 atom stereocenters. The molecule has 5 rings (SSSR count). The number of nitrogens with zero attached hydrogens (tertiary/aromatic N) is 2. The summed E-state index contributed by atoms with van der Waals surface area (Å²) in [7, 11) is 2.84. The second-order valence-electron chi connectivity index (χ2n) is 7.89. The molecule has 34 heavy (non-hydrogen) atoms. The Morgan fingerprint density at radius 1 is 1.12 bits per heavy atom. The molecular weight excluding hydrogens is 436 g/mol. The van der Waals surface area contributed by atoms with Gasteiger partial charge in [-0.1, -0.05) is 36.4 Å². The van der Waals surface area contributed by atoms with Crippen LogP contribution < -0.4 is 10.1 Å². The van der Waals surface area contributed by atoms with Crippen molar-refractivity contribution in [2.24, 2.45) is 0 Å². The Balaban J connectivity index is 1.60. The first kappa shape index (κ1) is 21.5. The zero-order valence-electron chi connectivity index (χ0n) is 18.5. The van der Waals surface area contributed by atoms with Crippen LogP contribution in [0.15, 0.2) is 66.7 Å². The van der Waals surface area contributed by atoms with E-state index < -0.39 is 11.8 Å². The minimum absolute atomic E-state index is 0.164. The number of benzene rings is 3. The molecule has 2 heterocycles. The lowest BCUT2D eigenvalue weighted by atomic mass is 9.93. The summed E-state index contributed by atoms with van der Waals surface area (Å²) in [5.41, 5.74) is 1.67. The third kappa shape index (κ3) is 3.43. The third-order valence-electron chi connectivity index (χ3n) is 5.93. The Morgan fingerprint density at radius 2 is 1.94 bits per heavy atom. The summed E-state index contributed by atoms with van der Waals surface area (Å²) >= 11 is 0. The van der Waals surface area contributed by atoms with Gasteiger partial charge in [-0.3, -0.25) is 15.0 Å². The fourth-order valence-corrected chi connectivity index (χ4v) is 4.30. The van der Waals surface area contributed by atoms with E-state index in [0.717, 1.165) is 5.56 Å². The molecule has 0 aliphatic carbocycles. The molecule has 0 saturated carbocycles. The highest BCUT2D eigenvalue weighted by molar-refractivity contribution is 6.00. The third-order valence-corrected chi connectivity index (χ3v) is 5.93. The van der Waals surface area contributed by atoms with Crippen LogP contribution in [0.1, 0.15) is 27.0 Å². The van der Waals surface area contributed by atoms with Crippen LogP contribution >= 0.6 is 0 Å². The van der Waals surface area contributed by atoms with Crippen LogP contribution in [0.2, 0.25) is 0 Å². The Kier molecular flexibility index (Phi) is 5.18. The van der Waals surface area contributed by atoms with E-state index in [0.29, 0.717) is 33.5 Å². The molecule has 1 aliphatic rings. The minimum Gasteiger partial charge on any atom is -0.497 e. The molecule has 0 saturated heterocycles. The van der Waals surface area contributed by atoms with Crippen molar-refractivity contribution in [3.8, 4) is 5.75 Å². The van der Waals surface area contributed by atoms with Gasteiger partial charge in [0.15, 0.2) is 5.72 Å². The topological polar surface area (TPSA) is 117 Å². The maximum Gasteiger partial charge on any atom is 0.413 e. The number of methoxy groups -OCH3 is 2. The van der Waals surface area contributed by atoms with Crippen LogP contribution in [0.3, 0.4) is 0 Å². The molecule has 0 fully saturated rings. The summed E-state index contributed by atoms with van der Waals surface area (Å²) in [6.45, 7) is 0.164. The van der Waals surface area contributed by atoms with Crippen LogP contribution in [0.25, 0.3) is 11.0 Å². The van der Waals surface area contributed by atoms with Crippen LogP contribution in [-0.2, 0) is 17.0 Å². The van der Waals surface area contributed by atoms with E-state index in [9.17, 15) is 14.7 Å². The van der Waals surface area contributed by atoms with Gasteiger partial charge in [0.05, 0.1) is 25.3 Å². The Bertz CT molecular complexity index is 1420. The second kappa shape index (κ2) is 8.20. The molecular formula is C25H22N4O5. The highest BCUT2D eigenvalue weighted by Gasteiger charge is 2.49. The van der Waals surface area contributed by atoms with Gasteiger partial charge in [-0.2, -0.15) is 0 Å². The van der Waals surface area contributed by atoms with Gasteiger partial charge < -0.3 is 19.6 Å². The lowest BCUT2D eigenvalue weighted by molar-refractivity contribution is -0.0542. The molecule has 1 aromatic heterocycles. The predicted octanol–water partition coefficient (Wildman–Crippen LogP) is 3.60. The molecule has 1 aliphatic heterocycles. The Morgan fingerprint density at radius 3 is 2.74 bits per heavy atom. The van der Waals surface area contributed by atoms with Crippen molar-refractivity contribution in [2.45, 2.75) is 12.3 Å². The standard InChI is InChI=1S/C25H22N4O5/c1-33-17-7-5-6-15(12-17)14-29-22(30)18-8-3-4-9-19(18)25(29,32)16-10-11-20-21(13-16)27-23(26-20)28-24(31)34-2/h3-13,32H,14H2,1-2H3,(H2,26,27,28,31). The molecule has 172 valence electrons. The minimum atomic E-state index is -1.72. The van der Waals surface area contributed by atoms with Gasteiger partial charge in [-0.05, 0) is 35.9 Å². The summed E-state index contributed by atoms with van der Waals surface area (Å²) in [6, 6.07) is 19.6. The number of fused-ring (bicyclic) bond motifs is 2. The molecule has 4 aromatic rings. The smallest absolute Gasteiger partial charge is 0.413 e. The number of ether oxygens (including phenoxy) is 2. The van der Waals surface area contributed by atoms with Crippen LogP contribution in [0.5, 0.6) is 5.75 Å². The Labute approximate surface area is 194 Å². The van der Waals surface area contributed by atoms with Crippen molar-refractivity contribution < 1.29 is 24.2 Å². The molecule has 9 heteroatoms. The second-order valence-corrected chi connectivity index (χ2v) is 7.89. The van der Waals surface area contributed by atoms with E-state index in [-0.39, 0.29) is 18.4 Å². The van der Waals surface area contributed by atoms with Crippen molar-refractivity contribution in [1.82, 2.24) is 14.9 Å². The number of aromatic amines is 1. The van der Waals surface area contributed by atoms with Gasteiger partial charge in [0.25, 0.3) is 5.91 Å². The number of nitrogens with one attached hydrogen (secondary N) is 2. The Hall–Kier alpha value is -4.37. The maximum atomic E-state index is 13.4. The number of amides is 2. The zero-order valence-corrected chi connectivity index (χ0v) is 18.5. The first-order valence-corrected chi connectivity index (χ1v) is 10.6. The maximum absolute atomic E-state index is 13.4. The van der Waals surface area contributed by atoms with E-state index in [2.05, 4.69) is 20.0 Å². The predicted molar refractivity (Wildman–Crippen MR) is 124 cm³/mol. The van der Waals surface area contributed by atoms with Crippen molar-refractivity contribution in [3.05, 3.63) is 89.0 Å². The highest BCUT2D eigenvalue weighted by atomic mass is 16.5. The first-order valence-electron chi connectivity index (χ1n) is 10.6. The number of aromatic nitrogens is 2. The molecule has 9 nitrogen and oxygen atoms in total. The SMILES string of the molecule is COC(=O)Nc1nc2ccc(C3(O)c4ccccc4C(=O)N3Cc3cccc(OC)c3)cc2[nH]1. The number of hydrogen-bond acceptors (Lipinski definition) is 6. The summed E-state index contributed by atoms with van der Waals surface area (Å²) in [5.74, 6) is 0.593. The summed E-state index contributed by atoms with van der Waals surface area (Å²) in [4.78, 5) is 33.7. The number of carbonyl (C=O) groups excluding carboxylic acids is 2. The average Bonchev–Trinajstić information content (AvgIpc) is 3.36. The van der Waals surface area contributed by atoms with Crippen LogP contribution in [0.4, 0.5) is 10.7 Å². The number of H-pyrrole nitrogens is 1. The van der Waals surface area contributed by atoms with Gasteiger partial charge in [-0.15, -0.1) is 0 Å². The number of anilines is 1. The first-order chi connectivity index (χ1) is 16.4. The number of hydrogen-bond donors (Lipinski definition) is 3. The van der Waals surface area contributed by atoms with Crippen LogP contribution in [0, 0.1) is 0 Å². The normalized spacial score (nSPS) is 17.0. The molecule has 0 radical (unpaired) electrons. The molecule has 2 amide bonds. The quantitative estimate of drug-likeness (QED) is 0.421. The number of aliphatic hydroxyl groups is 1. The van der Waals surface area contributed by atoms with Gasteiger partial charge >= 0.3 is 6.09 Å². The van der Waals surface area contributed by atoms with Crippen molar-refractivity contribution in [3.63, 3.8) is 0 Å². The molecule has 0 spiro atoms. The van der Waals surface area contributed by atoms with E-state index >= 15 is 0 Å². The van der Waals surface area contributed by atoms with E-state index in [1.165, 1.54) is 12.0 Å².